The Hall–Kier alpha value is -9.27. The normalized spacial score (nSPS) is 25.7. The molecule has 5 aliphatic rings. The summed E-state index contributed by atoms with van der Waals surface area (Å²) in [5.74, 6) is -6.34. The highest BCUT2D eigenvalue weighted by molar-refractivity contribution is 6.39. The molecule has 2 N–H and O–H groups in total. The third kappa shape index (κ3) is 35.5. The Bertz CT molecular complexity index is 5090. The molecule has 4 aliphatic heterocycles. The Morgan fingerprint density at radius 1 is 0.597 bits per heavy atom. The molecule has 4 aromatic heterocycles. The molecule has 33 heteroatoms. The number of Topliss-reactive ketones (excluding diaryl/α,β-unsaturated/α-hetero) is 3. The first-order chi connectivity index (χ1) is 69.4. The number of allylic oxidation sites excluding steroid dienone is 5. The molecule has 2 bridgehead atoms. The summed E-state index contributed by atoms with van der Waals surface area (Å²) in [6.07, 6.45) is 24.0. The lowest BCUT2D eigenvalue weighted by Gasteiger charge is -2.43. The lowest BCUT2D eigenvalue weighted by atomic mass is 9.78. The Kier molecular flexibility index (Phi) is 51.0. The van der Waals surface area contributed by atoms with Gasteiger partial charge in [0.2, 0.25) is 11.7 Å². The first kappa shape index (κ1) is 118. The van der Waals surface area contributed by atoms with Gasteiger partial charge in [-0.1, -0.05) is 97.1 Å². The Morgan fingerprint density at radius 3 is 1.85 bits per heavy atom. The second kappa shape index (κ2) is 62.1. The van der Waals surface area contributed by atoms with Crippen LogP contribution in [0.5, 0.6) is 0 Å². The molecule has 2 aromatic carbocycles. The highest BCUT2D eigenvalue weighted by Gasteiger charge is 2.53. The second-order valence-corrected chi connectivity index (χ2v) is 38.9. The van der Waals surface area contributed by atoms with Gasteiger partial charge in [0.1, 0.15) is 36.2 Å². The van der Waals surface area contributed by atoms with Crippen molar-refractivity contribution >= 4 is 68.8 Å². The number of methoxy groups -OCH3 is 6. The number of hydrogen-bond donors (Lipinski definition) is 2. The number of piperidine rings is 1. The van der Waals surface area contributed by atoms with Gasteiger partial charge in [0.05, 0.1) is 126 Å². The minimum absolute atomic E-state index is 0.0343. The summed E-state index contributed by atoms with van der Waals surface area (Å²) in [4.78, 5) is 120. The number of anilines is 2. The fraction of sp³-hybridized carbons (Fsp3) is 0.649. The number of benzene rings is 2. The van der Waals surface area contributed by atoms with Crippen LogP contribution < -0.4 is 15.5 Å². The monoisotopic (exact) mass is 2010 g/mol. The number of carbonyl (C=O) groups excluding carboxylic acids is 6. The molecule has 0 spiro atoms. The van der Waals surface area contributed by atoms with E-state index >= 15 is 0 Å². The number of rotatable bonds is 41. The number of carbonyl (C=O) groups is 6. The van der Waals surface area contributed by atoms with E-state index in [-0.39, 0.29) is 78.8 Å². The van der Waals surface area contributed by atoms with E-state index in [1.54, 1.807) is 67.2 Å². The maximum atomic E-state index is 14.7. The zero-order chi connectivity index (χ0) is 104. The van der Waals surface area contributed by atoms with Crippen LogP contribution in [0.4, 0.5) is 11.6 Å². The van der Waals surface area contributed by atoms with Gasteiger partial charge in [-0.3, -0.25) is 43.1 Å². The van der Waals surface area contributed by atoms with Gasteiger partial charge in [0, 0.05) is 193 Å². The van der Waals surface area contributed by atoms with Crippen molar-refractivity contribution in [2.75, 3.05) is 178 Å². The number of cyclic esters (lactones) is 1. The molecule has 1 saturated carbocycles. The summed E-state index contributed by atoms with van der Waals surface area (Å²) in [6, 6.07) is 15.4. The van der Waals surface area contributed by atoms with Crippen LogP contribution in [0.15, 0.2) is 126 Å². The van der Waals surface area contributed by atoms with E-state index in [2.05, 4.69) is 75.9 Å². The standard InChI is InChI=1S/C57H91NO15.C38H40N8O3.C16H34O6/c1-35-19-14-13-15-20-36(2)46(67-9)33-43-25-23-41(7)57(65,73-43)54(62)55(63)58-27-17-16-21-44(58)56(64)72-48(34-47(68-10)37(3)30-40(6)52(61)53(70-12)51(60)39(5)29-35)38(4)31-42-24-26-45(49(32-42)69-11)71-50(59)22-18-28-66-8;1-25-19-30(9-12-34(25)44-14-16-45(17-15-44)37-41-21-27(22-42-37)6-10-31(47)13-18-49-4)46-36-32-20-28(29-7-5-26(2)39-23-29)8-11-33(32)40-24-35(36)43(3)38(46)48;1-3-5-17-7-9-19-11-13-21-15-16-22-14-12-20-10-8-18-6-4-2/h13-15,19-20,30,35,37-39,41-49,52-53,61,65H,16-18,21-29,31-34H2,1-12H3;5,7-9,11-12,19-24H,6,10,13-18H2,1-4H3;3-16H2,1-2H3/b15-13+,19-14+,36-20+,40-30+;;/t35-,37-,38-,39-,41-,42+,43+,44+,45-,46+,47-,48+,49-,52-,53+,57-;;/m1../s1. The van der Waals surface area contributed by atoms with E-state index in [9.17, 15) is 43.8 Å². The number of aliphatic hydroxyl groups excluding tert-OH is 1. The van der Waals surface area contributed by atoms with Gasteiger partial charge in [-0.05, 0) is 200 Å². The van der Waals surface area contributed by atoms with E-state index in [1.165, 1.54) is 12.0 Å². The Morgan fingerprint density at radius 2 is 1.24 bits per heavy atom. The van der Waals surface area contributed by atoms with Crippen LogP contribution in [0.1, 0.15) is 195 Å². The van der Waals surface area contributed by atoms with E-state index in [4.69, 9.17) is 76.0 Å². The van der Waals surface area contributed by atoms with Crippen molar-refractivity contribution in [3.63, 3.8) is 0 Å². The maximum Gasteiger partial charge on any atom is 0.333 e. The molecular weight excluding hydrogens is 1840 g/mol. The lowest BCUT2D eigenvalue weighted by Crippen LogP contribution is -2.61. The number of imidazole rings is 1. The number of aromatic nitrogens is 6. The van der Waals surface area contributed by atoms with E-state index in [0.717, 1.165) is 125 Å². The van der Waals surface area contributed by atoms with Crippen molar-refractivity contribution in [3.8, 4) is 16.8 Å². The van der Waals surface area contributed by atoms with Crippen molar-refractivity contribution < 1.29 is 110 Å². The largest absolute Gasteiger partial charge is 0.460 e. The maximum absolute atomic E-state index is 14.7. The minimum Gasteiger partial charge on any atom is -0.460 e. The molecule has 0 unspecified atom stereocenters. The quantitative estimate of drug-likeness (QED) is 0.0156. The van der Waals surface area contributed by atoms with Crippen LogP contribution in [0.25, 0.3) is 38.8 Å². The fourth-order valence-corrected chi connectivity index (χ4v) is 19.4. The van der Waals surface area contributed by atoms with Gasteiger partial charge in [-0.2, -0.15) is 0 Å². The molecular formula is C111H165N9O24. The average molecular weight is 2010 g/mol. The van der Waals surface area contributed by atoms with Gasteiger partial charge in [-0.25, -0.2) is 19.6 Å². The number of amides is 1. The van der Waals surface area contributed by atoms with Crippen molar-refractivity contribution in [1.82, 2.24) is 34.0 Å². The van der Waals surface area contributed by atoms with E-state index in [0.29, 0.717) is 174 Å². The third-order valence-electron chi connectivity index (χ3n) is 27.9. The SMILES string of the molecule is CCCOCCOCCOCCOCCOCCOCCC.COCCC(=O)CCc1cnc(N2CCN(c3ccc(-n4c(=O)n(C)c5cnc6ccc(-c7ccc(C)nc7)cc6c54)cc3C)CC2)nc1.COCCCC(=O)O[C@@H]1CC[C@@H](C[C@@H](C)[C@@H]2C[C@@H](OC)[C@H](C)/C=C(\C)[C@@H](O)[C@@H](OC)C(=O)[C@H](C)C[C@H](C)/C=C/C=C/C=C(\C)[C@@H](OC)C[C@@H]3CC[C@@H](C)[C@@](O)(O3)C(=O)C(=O)N3CCCC[C@H]3C(=O)O2)C[C@H]1OC. The van der Waals surface area contributed by atoms with Gasteiger partial charge in [-0.15, -0.1) is 0 Å². The number of ketones is 3. The highest BCUT2D eigenvalue weighted by atomic mass is 16.6. The molecule has 0 radical (unpaired) electrons. The number of fused-ring (bicyclic) bond motifs is 6. The fourth-order valence-electron chi connectivity index (χ4n) is 19.4. The highest BCUT2D eigenvalue weighted by Crippen LogP contribution is 2.41. The zero-order valence-corrected chi connectivity index (χ0v) is 88.8. The number of piperazine rings is 1. The number of pyridine rings is 2. The van der Waals surface area contributed by atoms with Crippen LogP contribution in [-0.4, -0.2) is 308 Å². The van der Waals surface area contributed by atoms with Crippen molar-refractivity contribution in [2.24, 2.45) is 42.6 Å². The van der Waals surface area contributed by atoms with E-state index < -0.39 is 84.1 Å². The molecule has 4 fully saturated rings. The van der Waals surface area contributed by atoms with Crippen molar-refractivity contribution in [3.05, 3.63) is 148 Å². The van der Waals surface area contributed by atoms with Gasteiger partial charge in [0.15, 0.2) is 5.78 Å². The summed E-state index contributed by atoms with van der Waals surface area (Å²) in [7, 11) is 11.2. The van der Waals surface area contributed by atoms with Crippen molar-refractivity contribution in [2.45, 2.75) is 259 Å². The first-order valence-electron chi connectivity index (χ1n) is 51.9. The molecule has 798 valence electrons. The van der Waals surface area contributed by atoms with Gasteiger partial charge in [0.25, 0.3) is 11.7 Å². The second-order valence-electron chi connectivity index (χ2n) is 38.9. The van der Waals surface area contributed by atoms with Crippen LogP contribution >= 0.6 is 0 Å². The number of esters is 2. The first-order valence-corrected chi connectivity index (χ1v) is 51.9. The Labute approximate surface area is 852 Å². The average Bonchev–Trinajstić information content (AvgIpc) is 1.58. The zero-order valence-electron chi connectivity index (χ0n) is 88.8. The number of aliphatic hydroxyl groups is 2. The molecule has 16 atom stereocenters. The molecule has 33 nitrogen and oxygen atoms in total. The smallest absolute Gasteiger partial charge is 0.333 e. The third-order valence-corrected chi connectivity index (χ3v) is 27.9. The van der Waals surface area contributed by atoms with Gasteiger partial charge >= 0.3 is 17.6 Å². The summed E-state index contributed by atoms with van der Waals surface area (Å²) in [5.41, 5.74) is 10.8. The molecule has 144 heavy (non-hydrogen) atoms. The summed E-state index contributed by atoms with van der Waals surface area (Å²) >= 11 is 0. The Balaban J connectivity index is 0.000000277. The summed E-state index contributed by atoms with van der Waals surface area (Å²) in [6.45, 7) is 33.4. The molecule has 11 rings (SSSR count). The molecule has 6 aromatic rings. The molecule has 8 heterocycles. The number of aryl methyl sites for hydroxylation is 4. The predicted octanol–water partition coefficient (Wildman–Crippen LogP) is 14.7. The molecule has 1 amide bonds. The lowest BCUT2D eigenvalue weighted by molar-refractivity contribution is -0.265. The summed E-state index contributed by atoms with van der Waals surface area (Å²) in [5, 5.41) is 24.6. The molecule has 1 aliphatic carbocycles. The summed E-state index contributed by atoms with van der Waals surface area (Å²) < 4.78 is 87.8. The van der Waals surface area contributed by atoms with Gasteiger partial charge < -0.3 is 96.0 Å². The van der Waals surface area contributed by atoms with Crippen LogP contribution in [0, 0.1) is 49.4 Å². The van der Waals surface area contributed by atoms with Crippen molar-refractivity contribution in [1.29, 1.82) is 0 Å². The number of hydrogen-bond acceptors (Lipinski definition) is 30. The molecule has 3 saturated heterocycles. The van der Waals surface area contributed by atoms with Crippen LogP contribution in [0.2, 0.25) is 0 Å². The number of nitrogens with zero attached hydrogens (tertiary/aromatic N) is 9. The topological polar surface area (TPSA) is 370 Å². The number of ether oxygens (including phenoxy) is 15. The van der Waals surface area contributed by atoms with Crippen LogP contribution in [-0.2, 0) is 113 Å². The van der Waals surface area contributed by atoms with Crippen LogP contribution in [0.3, 0.4) is 0 Å². The predicted molar refractivity (Wildman–Crippen MR) is 554 cm³/mol. The minimum atomic E-state index is -2.42. The van der Waals surface area contributed by atoms with E-state index in [1.807, 2.05) is 119 Å².